The summed E-state index contributed by atoms with van der Waals surface area (Å²) in [4.78, 5) is 22.1. The molecule has 0 saturated heterocycles. The Morgan fingerprint density at radius 1 is 0.971 bits per heavy atom. The minimum atomic E-state index is -4.80. The van der Waals surface area contributed by atoms with Gasteiger partial charge in [-0.3, -0.25) is 9.89 Å². The van der Waals surface area contributed by atoms with Crippen molar-refractivity contribution in [3.8, 4) is 34.1 Å². The van der Waals surface area contributed by atoms with Crippen LogP contribution in [0.25, 0.3) is 39.3 Å². The molecule has 5 rings (SSSR count). The van der Waals surface area contributed by atoms with Crippen LogP contribution < -0.4 is 15.0 Å². The van der Waals surface area contributed by atoms with Gasteiger partial charge in [-0.1, -0.05) is 24.3 Å². The Balaban J connectivity index is 1.84. The van der Waals surface area contributed by atoms with Crippen LogP contribution in [0.4, 0.5) is 13.2 Å². The normalized spacial score (nSPS) is 11.9. The molecule has 0 radical (unpaired) electrons. The van der Waals surface area contributed by atoms with E-state index in [9.17, 15) is 18.0 Å². The number of aromatic amines is 1. The van der Waals surface area contributed by atoms with Gasteiger partial charge < -0.3 is 13.9 Å². The molecule has 34 heavy (non-hydrogen) atoms. The number of fused-ring (bicyclic) bond motifs is 2. The molecule has 0 aliphatic rings. The van der Waals surface area contributed by atoms with E-state index >= 15 is 0 Å². The summed E-state index contributed by atoms with van der Waals surface area (Å²) < 4.78 is 59.1. The predicted molar refractivity (Wildman–Crippen MR) is 117 cm³/mol. The number of nitrogens with zero attached hydrogens (tertiary/aromatic N) is 3. The lowest BCUT2D eigenvalue weighted by Gasteiger charge is -2.11. The van der Waals surface area contributed by atoms with Gasteiger partial charge in [-0.15, -0.1) is 0 Å². The molecule has 3 heterocycles. The Hall–Kier alpha value is -4.28. The summed E-state index contributed by atoms with van der Waals surface area (Å²) in [5, 5.41) is 2.18. The minimum Gasteiger partial charge on any atom is -0.496 e. The number of hydrogen-bond acceptors (Lipinski definition) is 6. The molecular formula is C23H17F3N4O4. The van der Waals surface area contributed by atoms with Crippen LogP contribution >= 0.6 is 0 Å². The number of nitrogens with one attached hydrogen (secondary N) is 1. The molecule has 0 amide bonds. The van der Waals surface area contributed by atoms with Crippen LogP contribution in [-0.4, -0.2) is 33.8 Å². The number of H-pyrrole nitrogens is 1. The average Bonchev–Trinajstić information content (AvgIpc) is 3.40. The Kier molecular flexibility index (Phi) is 4.85. The first-order valence-corrected chi connectivity index (χ1v) is 10.0. The molecule has 0 fully saturated rings. The first kappa shape index (κ1) is 21.6. The van der Waals surface area contributed by atoms with Gasteiger partial charge >= 0.3 is 6.18 Å². The van der Waals surface area contributed by atoms with Gasteiger partial charge in [0.2, 0.25) is 5.89 Å². The van der Waals surface area contributed by atoms with Crippen molar-refractivity contribution in [2.45, 2.75) is 13.1 Å². The van der Waals surface area contributed by atoms with Crippen molar-refractivity contribution in [1.29, 1.82) is 0 Å². The van der Waals surface area contributed by atoms with E-state index in [1.165, 1.54) is 33.3 Å². The molecule has 2 aromatic carbocycles. The molecule has 0 bridgehead atoms. The van der Waals surface area contributed by atoms with Crippen molar-refractivity contribution in [3.63, 3.8) is 0 Å². The van der Waals surface area contributed by atoms with Gasteiger partial charge in [-0.2, -0.15) is 17.7 Å². The van der Waals surface area contributed by atoms with Gasteiger partial charge in [-0.05, 0) is 25.1 Å². The zero-order chi connectivity index (χ0) is 24.2. The van der Waals surface area contributed by atoms with Crippen LogP contribution in [0, 0.1) is 6.92 Å². The molecule has 11 heteroatoms. The molecular weight excluding hydrogens is 453 g/mol. The van der Waals surface area contributed by atoms with Crippen molar-refractivity contribution in [3.05, 3.63) is 64.2 Å². The average molecular weight is 470 g/mol. The van der Waals surface area contributed by atoms with Crippen LogP contribution in [0.1, 0.15) is 11.4 Å². The Morgan fingerprint density at radius 2 is 1.68 bits per heavy atom. The van der Waals surface area contributed by atoms with E-state index in [0.29, 0.717) is 16.8 Å². The maximum absolute atomic E-state index is 14.0. The van der Waals surface area contributed by atoms with Crippen molar-refractivity contribution in [1.82, 2.24) is 19.6 Å². The topological polar surface area (TPSA) is 94.7 Å². The third kappa shape index (κ3) is 3.19. The number of aromatic nitrogens is 4. The number of para-hydroxylation sites is 2. The van der Waals surface area contributed by atoms with Crippen LogP contribution in [-0.2, 0) is 6.18 Å². The fourth-order valence-corrected chi connectivity index (χ4v) is 3.93. The van der Waals surface area contributed by atoms with Gasteiger partial charge in [-0.25, -0.2) is 9.97 Å². The highest BCUT2D eigenvalue weighted by Crippen LogP contribution is 2.41. The van der Waals surface area contributed by atoms with Crippen LogP contribution in [0.3, 0.4) is 0 Å². The van der Waals surface area contributed by atoms with E-state index in [1.807, 2.05) is 0 Å². The molecule has 0 spiro atoms. The molecule has 3 aromatic heterocycles. The zero-order valence-corrected chi connectivity index (χ0v) is 18.1. The number of ether oxygens (including phenoxy) is 2. The number of hydrogen-bond donors (Lipinski definition) is 1. The van der Waals surface area contributed by atoms with Crippen LogP contribution in [0.15, 0.2) is 51.7 Å². The summed E-state index contributed by atoms with van der Waals surface area (Å²) in [6, 6.07) is 11.2. The lowest BCUT2D eigenvalue weighted by molar-refractivity contribution is -0.140. The Bertz CT molecular complexity index is 1610. The largest absolute Gasteiger partial charge is 0.496 e. The van der Waals surface area contributed by atoms with Crippen molar-refractivity contribution in [2.75, 3.05) is 14.2 Å². The van der Waals surface area contributed by atoms with Gasteiger partial charge in [0.05, 0.1) is 25.5 Å². The molecule has 8 nitrogen and oxygen atoms in total. The maximum atomic E-state index is 14.0. The first-order chi connectivity index (χ1) is 16.2. The second-order valence-electron chi connectivity index (χ2n) is 7.42. The van der Waals surface area contributed by atoms with Crippen molar-refractivity contribution in [2.24, 2.45) is 0 Å². The quantitative estimate of drug-likeness (QED) is 0.404. The molecule has 5 aromatic rings. The molecule has 0 aliphatic carbocycles. The number of halogens is 3. The van der Waals surface area contributed by atoms with Crippen LogP contribution in [0.5, 0.6) is 11.5 Å². The maximum Gasteiger partial charge on any atom is 0.433 e. The summed E-state index contributed by atoms with van der Waals surface area (Å²) in [6.07, 6.45) is -4.80. The van der Waals surface area contributed by atoms with Gasteiger partial charge in [0.1, 0.15) is 22.8 Å². The number of alkyl halides is 3. The van der Waals surface area contributed by atoms with Gasteiger partial charge in [0.15, 0.2) is 16.7 Å². The van der Waals surface area contributed by atoms with E-state index < -0.39 is 17.4 Å². The summed E-state index contributed by atoms with van der Waals surface area (Å²) in [7, 11) is 2.82. The summed E-state index contributed by atoms with van der Waals surface area (Å²) in [5.41, 5.74) is -1.46. The smallest absolute Gasteiger partial charge is 0.433 e. The van der Waals surface area contributed by atoms with Gasteiger partial charge in [0, 0.05) is 5.56 Å². The number of benzene rings is 2. The molecule has 0 saturated carbocycles. The van der Waals surface area contributed by atoms with E-state index in [0.717, 1.165) is 4.52 Å². The zero-order valence-electron chi connectivity index (χ0n) is 18.1. The van der Waals surface area contributed by atoms with Crippen molar-refractivity contribution < 1.29 is 27.1 Å². The van der Waals surface area contributed by atoms with Crippen molar-refractivity contribution >= 4 is 16.7 Å². The highest BCUT2D eigenvalue weighted by molar-refractivity contribution is 5.86. The number of methoxy groups -OCH3 is 2. The molecule has 1 N–H and O–H groups in total. The number of rotatable bonds is 4. The Labute approximate surface area is 189 Å². The SMILES string of the molecule is COc1ccccc1-c1c(C(F)(F)F)[nH]n2c(=O)c(-c3nc4c(OC)cccc4o3)c(C)nc12. The number of aryl methyl sites for hydroxylation is 1. The summed E-state index contributed by atoms with van der Waals surface area (Å²) >= 11 is 0. The first-order valence-electron chi connectivity index (χ1n) is 10.0. The summed E-state index contributed by atoms with van der Waals surface area (Å²) in [5.74, 6) is 0.555. The predicted octanol–water partition coefficient (Wildman–Crippen LogP) is 4.84. The standard InChI is InChI=1S/C23H17F3N4O4/c1-11-16(21-28-18-14(33-3)9-6-10-15(18)34-21)22(31)30-20(27-11)17(19(29-30)23(24,25)26)12-7-4-5-8-13(12)32-2/h4-10,29H,1-3H3. The molecule has 0 unspecified atom stereocenters. The fourth-order valence-electron chi connectivity index (χ4n) is 3.93. The third-order valence-corrected chi connectivity index (χ3v) is 5.44. The van der Waals surface area contributed by atoms with E-state index in [-0.39, 0.29) is 39.7 Å². The second kappa shape index (κ2) is 7.65. The lowest BCUT2D eigenvalue weighted by atomic mass is 10.0. The minimum absolute atomic E-state index is 0.0719. The van der Waals surface area contributed by atoms with Gasteiger partial charge in [0.25, 0.3) is 5.56 Å². The monoisotopic (exact) mass is 470 g/mol. The third-order valence-electron chi connectivity index (χ3n) is 5.44. The van der Waals surface area contributed by atoms with E-state index in [1.54, 1.807) is 30.3 Å². The lowest BCUT2D eigenvalue weighted by Crippen LogP contribution is -2.20. The summed E-state index contributed by atoms with van der Waals surface area (Å²) in [6.45, 7) is 1.51. The van der Waals surface area contributed by atoms with Crippen LogP contribution in [0.2, 0.25) is 0 Å². The molecule has 174 valence electrons. The van der Waals surface area contributed by atoms with E-state index in [4.69, 9.17) is 13.9 Å². The number of oxazole rings is 1. The molecule has 0 atom stereocenters. The van der Waals surface area contributed by atoms with E-state index in [2.05, 4.69) is 15.1 Å². The fraction of sp³-hybridized carbons (Fsp3) is 0.174. The Morgan fingerprint density at radius 3 is 2.38 bits per heavy atom. The highest BCUT2D eigenvalue weighted by Gasteiger charge is 2.39. The second-order valence-corrected chi connectivity index (χ2v) is 7.42. The molecule has 0 aliphatic heterocycles. The highest BCUT2D eigenvalue weighted by atomic mass is 19.4.